The summed E-state index contributed by atoms with van der Waals surface area (Å²) in [7, 11) is 0. The number of allylic oxidation sites excluding steroid dienone is 1. The van der Waals surface area contributed by atoms with Crippen LogP contribution in [-0.4, -0.2) is 26.4 Å². The van der Waals surface area contributed by atoms with Crippen molar-refractivity contribution in [3.63, 3.8) is 0 Å². The van der Waals surface area contributed by atoms with Crippen molar-refractivity contribution in [2.24, 2.45) is 0 Å². The Labute approximate surface area is 188 Å². The Morgan fingerprint density at radius 3 is 2.77 bits per heavy atom. The number of hydrogen-bond acceptors (Lipinski definition) is 7. The second-order valence-electron chi connectivity index (χ2n) is 6.34. The van der Waals surface area contributed by atoms with E-state index in [0.717, 1.165) is 21.2 Å². The van der Waals surface area contributed by atoms with Gasteiger partial charge in [-0.25, -0.2) is 0 Å². The lowest BCUT2D eigenvalue weighted by Crippen LogP contribution is -2.14. The molecular formula is C21H21N5OS3. The standard InChI is InChI=1S/C21H21N5OS3/c1-4-10-26-18(12-28-16-8-6-5-7-9-16)24-25-21(26)29-13-19(27)23-20-17(11-22)14(2)15(3)30-20/h4-9H,1,10,12-13H2,2-3H3,(H,23,27). The van der Waals surface area contributed by atoms with Crippen LogP contribution in [0.5, 0.6) is 0 Å². The van der Waals surface area contributed by atoms with Gasteiger partial charge in [0.15, 0.2) is 5.16 Å². The molecule has 0 radical (unpaired) electrons. The molecule has 0 spiro atoms. The third kappa shape index (κ3) is 5.33. The van der Waals surface area contributed by atoms with Crippen molar-refractivity contribution >= 4 is 45.8 Å². The number of nitrogens with one attached hydrogen (secondary N) is 1. The van der Waals surface area contributed by atoms with E-state index in [0.29, 0.717) is 28.0 Å². The van der Waals surface area contributed by atoms with Crippen LogP contribution in [0, 0.1) is 25.2 Å². The Kier molecular flexibility index (Phi) is 7.74. The summed E-state index contributed by atoms with van der Waals surface area (Å²) in [6, 6.07) is 12.3. The van der Waals surface area contributed by atoms with Gasteiger partial charge >= 0.3 is 0 Å². The summed E-state index contributed by atoms with van der Waals surface area (Å²) < 4.78 is 1.97. The van der Waals surface area contributed by atoms with Gasteiger partial charge in [-0.3, -0.25) is 4.79 Å². The highest BCUT2D eigenvalue weighted by Gasteiger charge is 2.17. The summed E-state index contributed by atoms with van der Waals surface area (Å²) >= 11 is 4.43. The fraction of sp³-hybridized carbons (Fsp3) is 0.238. The highest BCUT2D eigenvalue weighted by Crippen LogP contribution is 2.32. The molecule has 0 unspecified atom stereocenters. The average molecular weight is 456 g/mol. The molecule has 0 aliphatic carbocycles. The quantitative estimate of drug-likeness (QED) is 0.360. The van der Waals surface area contributed by atoms with Crippen LogP contribution in [0.25, 0.3) is 0 Å². The summed E-state index contributed by atoms with van der Waals surface area (Å²) in [6.45, 7) is 8.22. The van der Waals surface area contributed by atoms with Crippen molar-refractivity contribution in [2.75, 3.05) is 11.1 Å². The Bertz CT molecular complexity index is 1080. The van der Waals surface area contributed by atoms with Crippen molar-refractivity contribution in [2.45, 2.75) is 36.2 Å². The van der Waals surface area contributed by atoms with Crippen molar-refractivity contribution < 1.29 is 4.79 Å². The lowest BCUT2D eigenvalue weighted by atomic mass is 10.2. The molecule has 1 amide bonds. The number of carbonyl (C=O) groups is 1. The zero-order chi connectivity index (χ0) is 21.5. The third-order valence-corrected chi connectivity index (χ3v) is 7.40. The first-order valence-electron chi connectivity index (χ1n) is 9.17. The SMILES string of the molecule is C=CCn1c(CSc2ccccc2)nnc1SCC(=O)Nc1sc(C)c(C)c1C#N. The van der Waals surface area contributed by atoms with E-state index in [1.54, 1.807) is 17.8 Å². The fourth-order valence-electron chi connectivity index (χ4n) is 2.65. The molecular weight excluding hydrogens is 434 g/mol. The Balaban J connectivity index is 1.64. The predicted molar refractivity (Wildman–Crippen MR) is 124 cm³/mol. The number of amides is 1. The minimum Gasteiger partial charge on any atom is -0.316 e. The van der Waals surface area contributed by atoms with Gasteiger partial charge in [-0.05, 0) is 31.5 Å². The molecule has 1 N–H and O–H groups in total. The summed E-state index contributed by atoms with van der Waals surface area (Å²) in [5, 5.41) is 22.0. The minimum absolute atomic E-state index is 0.175. The first-order valence-corrected chi connectivity index (χ1v) is 12.0. The van der Waals surface area contributed by atoms with Gasteiger partial charge in [-0.1, -0.05) is 36.0 Å². The molecule has 2 heterocycles. The number of aryl methyl sites for hydroxylation is 1. The normalized spacial score (nSPS) is 10.6. The molecule has 0 bridgehead atoms. The number of rotatable bonds is 9. The monoisotopic (exact) mass is 455 g/mol. The molecule has 0 saturated heterocycles. The molecule has 154 valence electrons. The number of benzene rings is 1. The number of thiophene rings is 1. The molecule has 6 nitrogen and oxygen atoms in total. The molecule has 0 saturated carbocycles. The number of hydrogen-bond donors (Lipinski definition) is 1. The predicted octanol–water partition coefficient (Wildman–Crippen LogP) is 5.04. The van der Waals surface area contributed by atoms with Crippen LogP contribution >= 0.6 is 34.9 Å². The molecule has 3 rings (SSSR count). The van der Waals surface area contributed by atoms with Gasteiger partial charge in [-0.2, -0.15) is 5.26 Å². The van der Waals surface area contributed by atoms with Crippen molar-refractivity contribution in [1.29, 1.82) is 5.26 Å². The Hall–Kier alpha value is -2.54. The second kappa shape index (κ2) is 10.5. The third-order valence-electron chi connectivity index (χ3n) is 4.30. The Morgan fingerprint density at radius 2 is 2.07 bits per heavy atom. The molecule has 0 fully saturated rings. The molecule has 1 aromatic carbocycles. The molecule has 0 atom stereocenters. The van der Waals surface area contributed by atoms with E-state index in [1.807, 2.05) is 36.6 Å². The van der Waals surface area contributed by atoms with Gasteiger partial charge < -0.3 is 9.88 Å². The van der Waals surface area contributed by atoms with E-state index in [1.165, 1.54) is 23.1 Å². The fourth-order valence-corrected chi connectivity index (χ4v) is 5.30. The van der Waals surface area contributed by atoms with E-state index in [9.17, 15) is 10.1 Å². The summed E-state index contributed by atoms with van der Waals surface area (Å²) in [4.78, 5) is 14.6. The maximum Gasteiger partial charge on any atom is 0.235 e. The van der Waals surface area contributed by atoms with Gasteiger partial charge in [0.05, 0.1) is 17.1 Å². The van der Waals surface area contributed by atoms with Gasteiger partial charge in [-0.15, -0.1) is 39.9 Å². The number of thioether (sulfide) groups is 2. The average Bonchev–Trinajstić information content (AvgIpc) is 3.25. The molecule has 0 aliphatic heterocycles. The van der Waals surface area contributed by atoms with Crippen LogP contribution in [0.3, 0.4) is 0 Å². The zero-order valence-electron chi connectivity index (χ0n) is 16.7. The topological polar surface area (TPSA) is 83.6 Å². The zero-order valence-corrected chi connectivity index (χ0v) is 19.2. The van der Waals surface area contributed by atoms with Gasteiger partial charge in [0.25, 0.3) is 0 Å². The van der Waals surface area contributed by atoms with E-state index in [4.69, 9.17) is 0 Å². The maximum atomic E-state index is 12.4. The lowest BCUT2D eigenvalue weighted by molar-refractivity contribution is -0.113. The summed E-state index contributed by atoms with van der Waals surface area (Å²) in [5.41, 5.74) is 1.45. The summed E-state index contributed by atoms with van der Waals surface area (Å²) in [5.74, 6) is 1.52. The van der Waals surface area contributed by atoms with E-state index >= 15 is 0 Å². The molecule has 0 aliphatic rings. The smallest absolute Gasteiger partial charge is 0.235 e. The number of nitriles is 1. The number of nitrogens with zero attached hydrogens (tertiary/aromatic N) is 4. The van der Waals surface area contributed by atoms with Gasteiger partial charge in [0.2, 0.25) is 5.91 Å². The molecule has 9 heteroatoms. The Morgan fingerprint density at radius 1 is 1.30 bits per heavy atom. The lowest BCUT2D eigenvalue weighted by Gasteiger charge is -2.08. The first kappa shape index (κ1) is 22.2. The second-order valence-corrected chi connectivity index (χ2v) is 9.55. The first-order chi connectivity index (χ1) is 14.5. The highest BCUT2D eigenvalue weighted by atomic mass is 32.2. The number of aromatic nitrogens is 3. The largest absolute Gasteiger partial charge is 0.316 e. The van der Waals surface area contributed by atoms with Crippen molar-refractivity contribution in [1.82, 2.24) is 14.8 Å². The number of carbonyl (C=O) groups excluding carboxylic acids is 1. The van der Waals surface area contributed by atoms with Crippen LogP contribution in [0.1, 0.15) is 21.8 Å². The van der Waals surface area contributed by atoms with Crippen LogP contribution < -0.4 is 5.32 Å². The molecule has 30 heavy (non-hydrogen) atoms. The van der Waals surface area contributed by atoms with Gasteiger partial charge in [0.1, 0.15) is 16.9 Å². The summed E-state index contributed by atoms with van der Waals surface area (Å²) in [6.07, 6.45) is 1.79. The molecule has 2 aromatic heterocycles. The van der Waals surface area contributed by atoms with Crippen LogP contribution in [0.2, 0.25) is 0 Å². The number of anilines is 1. The van der Waals surface area contributed by atoms with Crippen LogP contribution in [0.15, 0.2) is 53.0 Å². The van der Waals surface area contributed by atoms with E-state index in [-0.39, 0.29) is 11.7 Å². The van der Waals surface area contributed by atoms with Crippen LogP contribution in [-0.2, 0) is 17.1 Å². The highest BCUT2D eigenvalue weighted by molar-refractivity contribution is 7.99. The van der Waals surface area contributed by atoms with E-state index in [2.05, 4.69) is 40.3 Å². The van der Waals surface area contributed by atoms with Crippen LogP contribution in [0.4, 0.5) is 5.00 Å². The van der Waals surface area contributed by atoms with Crippen molar-refractivity contribution in [3.05, 3.63) is 64.8 Å². The molecule has 3 aromatic rings. The van der Waals surface area contributed by atoms with Crippen molar-refractivity contribution in [3.8, 4) is 6.07 Å². The minimum atomic E-state index is -0.175. The van der Waals surface area contributed by atoms with E-state index < -0.39 is 0 Å². The maximum absolute atomic E-state index is 12.4. The van der Waals surface area contributed by atoms with Gasteiger partial charge in [0, 0.05) is 16.3 Å².